The second-order valence-electron chi connectivity index (χ2n) is 11.3. The summed E-state index contributed by atoms with van der Waals surface area (Å²) in [5, 5.41) is 13.0. The Labute approximate surface area is 203 Å². The highest BCUT2D eigenvalue weighted by atomic mass is 16.3. The number of fused-ring (bicyclic) bond motifs is 2. The maximum Gasteiger partial charge on any atom is 0.249 e. The highest BCUT2D eigenvalue weighted by molar-refractivity contribution is 6.00. The van der Waals surface area contributed by atoms with Gasteiger partial charge in [-0.05, 0) is 47.1 Å². The molecule has 2 amide bonds. The molecule has 3 fully saturated rings. The van der Waals surface area contributed by atoms with Gasteiger partial charge in [0.25, 0.3) is 0 Å². The van der Waals surface area contributed by atoms with Crippen molar-refractivity contribution in [2.24, 2.45) is 11.8 Å². The monoisotopic (exact) mass is 462 g/mol. The van der Waals surface area contributed by atoms with Gasteiger partial charge in [0.15, 0.2) is 0 Å². The van der Waals surface area contributed by atoms with Crippen molar-refractivity contribution in [3.05, 3.63) is 48.0 Å². The van der Waals surface area contributed by atoms with E-state index in [9.17, 15) is 14.7 Å². The molecule has 0 aromatic heterocycles. The molecule has 34 heavy (non-hydrogen) atoms. The Bertz CT molecular complexity index is 1060. The zero-order valence-corrected chi connectivity index (χ0v) is 20.6. The van der Waals surface area contributed by atoms with Crippen molar-refractivity contribution in [3.63, 3.8) is 0 Å². The maximum absolute atomic E-state index is 14.4. The number of carbonyl (C=O) groups excluding carboxylic acids is 2. The summed E-state index contributed by atoms with van der Waals surface area (Å²) in [6, 6.07) is 14.1. The minimum Gasteiger partial charge on any atom is -0.391 e. The van der Waals surface area contributed by atoms with Crippen LogP contribution < -0.4 is 0 Å². The SMILES string of the molecule is CC(C)C[C@@H]1C(=O)N2C[C@H](O)CC2(CC2CCCCC2)C(=O)N1Cc1ccc2ccccc2c1. The highest BCUT2D eigenvalue weighted by Gasteiger charge is 2.60. The van der Waals surface area contributed by atoms with Gasteiger partial charge in [0.05, 0.1) is 6.10 Å². The molecule has 0 spiro atoms. The van der Waals surface area contributed by atoms with Crippen LogP contribution in [0.5, 0.6) is 0 Å². The number of rotatable bonds is 6. The molecule has 5 rings (SSSR count). The fraction of sp³-hybridized carbons (Fsp3) is 0.586. The van der Waals surface area contributed by atoms with Gasteiger partial charge in [-0.3, -0.25) is 9.59 Å². The third-order valence-corrected chi connectivity index (χ3v) is 8.28. The van der Waals surface area contributed by atoms with E-state index >= 15 is 0 Å². The molecule has 2 aromatic carbocycles. The number of nitrogens with zero attached hydrogens (tertiary/aromatic N) is 2. The van der Waals surface area contributed by atoms with Gasteiger partial charge in [0, 0.05) is 19.5 Å². The highest BCUT2D eigenvalue weighted by Crippen LogP contribution is 2.45. The molecule has 0 bridgehead atoms. The number of hydrogen-bond donors (Lipinski definition) is 1. The molecule has 3 atom stereocenters. The molecule has 2 saturated heterocycles. The standard InChI is InChI=1S/C29H38N2O3/c1-20(2)14-26-27(33)31-19-25(32)17-29(31,16-21-8-4-3-5-9-21)28(34)30(26)18-22-12-13-23-10-6-7-11-24(23)15-22/h6-7,10-13,15,20-21,25-26,32H,3-5,8-9,14,16-19H2,1-2H3/t25-,26-,29?/m1/s1. The minimum absolute atomic E-state index is 0.0291. The summed E-state index contributed by atoms with van der Waals surface area (Å²) >= 11 is 0. The molecule has 5 heteroatoms. The summed E-state index contributed by atoms with van der Waals surface area (Å²) in [6.45, 7) is 4.93. The van der Waals surface area contributed by atoms with Crippen LogP contribution in [0.1, 0.15) is 70.8 Å². The van der Waals surface area contributed by atoms with Crippen LogP contribution in [0.25, 0.3) is 10.8 Å². The van der Waals surface area contributed by atoms with Crippen LogP contribution in [0.4, 0.5) is 0 Å². The first-order valence-corrected chi connectivity index (χ1v) is 13.2. The summed E-state index contributed by atoms with van der Waals surface area (Å²) in [5.74, 6) is 0.816. The molecule has 2 heterocycles. The number of aliphatic hydroxyl groups is 1. The van der Waals surface area contributed by atoms with Crippen LogP contribution in [0, 0.1) is 11.8 Å². The second-order valence-corrected chi connectivity index (χ2v) is 11.3. The van der Waals surface area contributed by atoms with E-state index in [1.165, 1.54) is 24.6 Å². The lowest BCUT2D eigenvalue weighted by atomic mass is 9.75. The van der Waals surface area contributed by atoms with Gasteiger partial charge in [0.1, 0.15) is 11.6 Å². The average Bonchev–Trinajstić information content (AvgIpc) is 3.17. The van der Waals surface area contributed by atoms with E-state index < -0.39 is 17.7 Å². The number of aliphatic hydroxyl groups excluding tert-OH is 1. The Kier molecular flexibility index (Phi) is 6.41. The van der Waals surface area contributed by atoms with E-state index in [1.807, 2.05) is 17.0 Å². The molecule has 0 radical (unpaired) electrons. The molecule has 3 aliphatic rings. The lowest BCUT2D eigenvalue weighted by molar-refractivity contribution is -0.170. The Morgan fingerprint density at radius 3 is 2.50 bits per heavy atom. The van der Waals surface area contributed by atoms with Crippen LogP contribution in [0.3, 0.4) is 0 Å². The molecular formula is C29H38N2O3. The number of piperazine rings is 1. The van der Waals surface area contributed by atoms with Gasteiger partial charge in [-0.1, -0.05) is 82.3 Å². The molecule has 2 aliphatic heterocycles. The van der Waals surface area contributed by atoms with Crippen molar-refractivity contribution < 1.29 is 14.7 Å². The number of β-amino-alcohol motifs (C(OH)–C–C–N with tert-alkyl or cyclic N) is 1. The first-order chi connectivity index (χ1) is 16.4. The number of amides is 2. The van der Waals surface area contributed by atoms with Crippen LogP contribution in [0.15, 0.2) is 42.5 Å². The van der Waals surface area contributed by atoms with E-state index in [0.717, 1.165) is 23.8 Å². The van der Waals surface area contributed by atoms with Crippen molar-refractivity contribution in [1.29, 1.82) is 0 Å². The molecule has 1 aliphatic carbocycles. The molecule has 1 unspecified atom stereocenters. The normalized spacial score (nSPS) is 28.2. The predicted octanol–water partition coefficient (Wildman–Crippen LogP) is 4.90. The third-order valence-electron chi connectivity index (χ3n) is 8.28. The Hall–Kier alpha value is -2.40. The molecule has 1 N–H and O–H groups in total. The molecule has 2 aromatic rings. The third kappa shape index (κ3) is 4.24. The summed E-state index contributed by atoms with van der Waals surface area (Å²) in [5.41, 5.74) is 0.163. The molecule has 5 nitrogen and oxygen atoms in total. The lowest BCUT2D eigenvalue weighted by Crippen LogP contribution is -2.69. The van der Waals surface area contributed by atoms with Gasteiger partial charge in [-0.2, -0.15) is 0 Å². The van der Waals surface area contributed by atoms with Crippen LogP contribution in [0.2, 0.25) is 0 Å². The molecule has 182 valence electrons. The van der Waals surface area contributed by atoms with Gasteiger partial charge >= 0.3 is 0 Å². The summed E-state index contributed by atoms with van der Waals surface area (Å²) in [7, 11) is 0. The smallest absolute Gasteiger partial charge is 0.249 e. The Morgan fingerprint density at radius 2 is 1.76 bits per heavy atom. The van der Waals surface area contributed by atoms with Crippen molar-refractivity contribution in [2.45, 2.75) is 89.4 Å². The Balaban J connectivity index is 1.51. The quantitative estimate of drug-likeness (QED) is 0.664. The van der Waals surface area contributed by atoms with E-state index in [1.54, 1.807) is 4.90 Å². The van der Waals surface area contributed by atoms with E-state index in [0.29, 0.717) is 37.6 Å². The van der Waals surface area contributed by atoms with Crippen LogP contribution >= 0.6 is 0 Å². The summed E-state index contributed by atoms with van der Waals surface area (Å²) in [6.07, 6.45) is 6.97. The first kappa shape index (κ1) is 23.3. The van der Waals surface area contributed by atoms with Gasteiger partial charge in [-0.25, -0.2) is 0 Å². The Morgan fingerprint density at radius 1 is 1.03 bits per heavy atom. The number of carbonyl (C=O) groups is 2. The first-order valence-electron chi connectivity index (χ1n) is 13.2. The zero-order valence-electron chi connectivity index (χ0n) is 20.6. The zero-order chi connectivity index (χ0) is 23.9. The van der Waals surface area contributed by atoms with Gasteiger partial charge < -0.3 is 14.9 Å². The maximum atomic E-state index is 14.4. The van der Waals surface area contributed by atoms with E-state index in [2.05, 4.69) is 44.2 Å². The fourth-order valence-electron chi connectivity index (χ4n) is 6.72. The largest absolute Gasteiger partial charge is 0.391 e. The van der Waals surface area contributed by atoms with Crippen LogP contribution in [-0.2, 0) is 16.1 Å². The van der Waals surface area contributed by atoms with Crippen molar-refractivity contribution in [3.8, 4) is 0 Å². The second kappa shape index (κ2) is 9.33. The summed E-state index contributed by atoms with van der Waals surface area (Å²) in [4.78, 5) is 31.9. The average molecular weight is 463 g/mol. The van der Waals surface area contributed by atoms with Crippen molar-refractivity contribution >= 4 is 22.6 Å². The van der Waals surface area contributed by atoms with E-state index in [-0.39, 0.29) is 18.4 Å². The van der Waals surface area contributed by atoms with Crippen LogP contribution in [-0.4, -0.2) is 51.0 Å². The molecular weight excluding hydrogens is 424 g/mol. The number of hydrogen-bond acceptors (Lipinski definition) is 3. The predicted molar refractivity (Wildman–Crippen MR) is 134 cm³/mol. The number of benzene rings is 2. The van der Waals surface area contributed by atoms with Gasteiger partial charge in [0.2, 0.25) is 11.8 Å². The molecule has 1 saturated carbocycles. The fourth-order valence-corrected chi connectivity index (χ4v) is 6.72. The lowest BCUT2D eigenvalue weighted by Gasteiger charge is -2.50. The summed E-state index contributed by atoms with van der Waals surface area (Å²) < 4.78 is 0. The van der Waals surface area contributed by atoms with Crippen molar-refractivity contribution in [2.75, 3.05) is 6.54 Å². The van der Waals surface area contributed by atoms with Gasteiger partial charge in [-0.15, -0.1) is 0 Å². The minimum atomic E-state index is -0.886. The van der Waals surface area contributed by atoms with E-state index in [4.69, 9.17) is 0 Å². The van der Waals surface area contributed by atoms with Crippen molar-refractivity contribution in [1.82, 2.24) is 9.80 Å². The topological polar surface area (TPSA) is 60.9 Å².